The number of rotatable bonds is 5. The van der Waals surface area contributed by atoms with Gasteiger partial charge in [-0.2, -0.15) is 30.2 Å². The summed E-state index contributed by atoms with van der Waals surface area (Å²) >= 11 is 1.54. The fraction of sp³-hybridized carbons (Fsp3) is 0.467. The van der Waals surface area contributed by atoms with E-state index in [1.807, 2.05) is 0 Å². The molecule has 0 aromatic heterocycles. The van der Waals surface area contributed by atoms with Crippen molar-refractivity contribution in [1.82, 2.24) is 10.6 Å². The van der Waals surface area contributed by atoms with Crippen LogP contribution in [0.1, 0.15) is 18.0 Å². The third-order valence-electron chi connectivity index (χ3n) is 3.54. The minimum atomic E-state index is -4.52. The van der Waals surface area contributed by atoms with Crippen molar-refractivity contribution in [3.63, 3.8) is 0 Å². The van der Waals surface area contributed by atoms with Gasteiger partial charge in [0.15, 0.2) is 0 Å². The first-order valence-corrected chi connectivity index (χ1v) is 8.17. The van der Waals surface area contributed by atoms with Crippen LogP contribution in [0.15, 0.2) is 30.3 Å². The normalized spacial score (nSPS) is 22.3. The molecular weight excluding hydrogens is 327 g/mol. The van der Waals surface area contributed by atoms with Crippen LogP contribution in [0.4, 0.5) is 13.2 Å². The summed E-state index contributed by atoms with van der Waals surface area (Å²) in [4.78, 5) is 11.9. The maximum Gasteiger partial charge on any atom is 0.407 e. The fourth-order valence-corrected chi connectivity index (χ4v) is 3.62. The summed E-state index contributed by atoms with van der Waals surface area (Å²) in [7, 11) is 0. The molecule has 0 saturated carbocycles. The lowest BCUT2D eigenvalue weighted by molar-refractivity contribution is -0.158. The first-order valence-electron chi connectivity index (χ1n) is 7.01. The zero-order valence-electron chi connectivity index (χ0n) is 12.2. The molecule has 0 radical (unpaired) electrons. The number of nitrogens with one attached hydrogen (secondary N) is 2. The van der Waals surface area contributed by atoms with Crippen molar-refractivity contribution < 1.29 is 18.0 Å². The Morgan fingerprint density at radius 1 is 1.39 bits per heavy atom. The summed E-state index contributed by atoms with van der Waals surface area (Å²) in [6, 6.07) is 7.48. The maximum atomic E-state index is 13.2. The molecule has 2 rings (SSSR count). The molecule has 1 saturated heterocycles. The highest BCUT2D eigenvalue weighted by molar-refractivity contribution is 7.99. The van der Waals surface area contributed by atoms with Crippen LogP contribution in [0.2, 0.25) is 0 Å². The first kappa shape index (κ1) is 17.6. The second-order valence-electron chi connectivity index (χ2n) is 5.31. The van der Waals surface area contributed by atoms with E-state index in [-0.39, 0.29) is 5.56 Å². The van der Waals surface area contributed by atoms with Gasteiger partial charge in [0, 0.05) is 5.75 Å². The number of halogens is 3. The molecule has 0 aliphatic carbocycles. The van der Waals surface area contributed by atoms with E-state index < -0.39 is 30.2 Å². The van der Waals surface area contributed by atoms with Gasteiger partial charge in [0.2, 0.25) is 5.91 Å². The van der Waals surface area contributed by atoms with Crippen molar-refractivity contribution in [3.8, 4) is 6.07 Å². The van der Waals surface area contributed by atoms with E-state index in [0.717, 1.165) is 5.75 Å². The summed E-state index contributed by atoms with van der Waals surface area (Å²) < 4.78 is 39.5. The maximum absolute atomic E-state index is 13.2. The summed E-state index contributed by atoms with van der Waals surface area (Å²) in [6.07, 6.45) is -4.01. The van der Waals surface area contributed by atoms with Gasteiger partial charge in [0.25, 0.3) is 0 Å². The van der Waals surface area contributed by atoms with E-state index in [2.05, 4.69) is 16.7 Å². The molecule has 1 amide bonds. The topological polar surface area (TPSA) is 64.9 Å². The van der Waals surface area contributed by atoms with Crippen LogP contribution in [0.25, 0.3) is 0 Å². The quantitative estimate of drug-likeness (QED) is 0.862. The zero-order chi connectivity index (χ0) is 16.9. The van der Waals surface area contributed by atoms with E-state index >= 15 is 0 Å². The van der Waals surface area contributed by atoms with Gasteiger partial charge in [-0.1, -0.05) is 30.3 Å². The largest absolute Gasteiger partial charge is 0.407 e. The zero-order valence-corrected chi connectivity index (χ0v) is 13.0. The Morgan fingerprint density at radius 2 is 2.09 bits per heavy atom. The molecule has 1 aromatic rings. The van der Waals surface area contributed by atoms with Crippen molar-refractivity contribution >= 4 is 17.7 Å². The predicted octanol–water partition coefficient (Wildman–Crippen LogP) is 2.40. The highest BCUT2D eigenvalue weighted by Gasteiger charge is 2.41. The van der Waals surface area contributed by atoms with Crippen LogP contribution >= 0.6 is 11.8 Å². The van der Waals surface area contributed by atoms with Gasteiger partial charge in [-0.05, 0) is 17.7 Å². The number of amides is 1. The molecular formula is C15H16F3N3OS. The summed E-state index contributed by atoms with van der Waals surface area (Å²) in [6.45, 7) is -0.507. The number of nitrogens with zero attached hydrogens (tertiary/aromatic N) is 1. The van der Waals surface area contributed by atoms with Gasteiger partial charge in [0.1, 0.15) is 11.6 Å². The Balaban J connectivity index is 1.99. The smallest absolute Gasteiger partial charge is 0.336 e. The second kappa shape index (κ2) is 7.23. The van der Waals surface area contributed by atoms with Crippen LogP contribution < -0.4 is 10.6 Å². The fourth-order valence-electron chi connectivity index (χ4n) is 2.35. The highest BCUT2D eigenvalue weighted by atomic mass is 32.2. The molecule has 23 heavy (non-hydrogen) atoms. The summed E-state index contributed by atoms with van der Waals surface area (Å²) in [5, 5.41) is 14.0. The third kappa shape index (κ3) is 4.62. The third-order valence-corrected chi connectivity index (χ3v) is 4.73. The summed E-state index contributed by atoms with van der Waals surface area (Å²) in [5.74, 6) is 0.590. The van der Waals surface area contributed by atoms with Crippen LogP contribution in [-0.2, 0) is 4.79 Å². The SMILES string of the molecule is N#C[C@@]1(NC(=O)CN[C@@H](c2ccccc2)C(F)(F)F)CCSC1. The molecule has 1 aliphatic rings. The molecule has 2 atom stereocenters. The van der Waals surface area contributed by atoms with Gasteiger partial charge in [-0.15, -0.1) is 0 Å². The molecule has 1 heterocycles. The van der Waals surface area contributed by atoms with Crippen molar-refractivity contribution in [3.05, 3.63) is 35.9 Å². The average molecular weight is 343 g/mol. The highest BCUT2D eigenvalue weighted by Crippen LogP contribution is 2.32. The number of hydrogen-bond donors (Lipinski definition) is 2. The van der Waals surface area contributed by atoms with Gasteiger partial charge in [0.05, 0.1) is 12.6 Å². The molecule has 1 fully saturated rings. The van der Waals surface area contributed by atoms with Crippen molar-refractivity contribution in [2.75, 3.05) is 18.1 Å². The molecule has 0 bridgehead atoms. The van der Waals surface area contributed by atoms with E-state index in [9.17, 15) is 23.2 Å². The minimum Gasteiger partial charge on any atom is -0.336 e. The van der Waals surface area contributed by atoms with Crippen molar-refractivity contribution in [2.45, 2.75) is 24.2 Å². The van der Waals surface area contributed by atoms with Crippen LogP contribution in [0.3, 0.4) is 0 Å². The van der Waals surface area contributed by atoms with E-state index in [1.165, 1.54) is 36.0 Å². The lowest BCUT2D eigenvalue weighted by Crippen LogP contribution is -2.51. The van der Waals surface area contributed by atoms with E-state index in [0.29, 0.717) is 12.2 Å². The Morgan fingerprint density at radius 3 is 2.61 bits per heavy atom. The lowest BCUT2D eigenvalue weighted by Gasteiger charge is -2.24. The Hall–Kier alpha value is -1.72. The molecule has 0 unspecified atom stereocenters. The van der Waals surface area contributed by atoms with Gasteiger partial charge in [-0.25, -0.2) is 0 Å². The molecule has 1 aromatic carbocycles. The predicted molar refractivity (Wildman–Crippen MR) is 81.7 cm³/mol. The van der Waals surface area contributed by atoms with Gasteiger partial charge < -0.3 is 5.32 Å². The molecule has 4 nitrogen and oxygen atoms in total. The molecule has 124 valence electrons. The number of carbonyl (C=O) groups is 1. The van der Waals surface area contributed by atoms with E-state index in [4.69, 9.17) is 0 Å². The van der Waals surface area contributed by atoms with E-state index in [1.54, 1.807) is 6.07 Å². The van der Waals surface area contributed by atoms with Crippen LogP contribution in [0, 0.1) is 11.3 Å². The molecule has 1 aliphatic heterocycles. The lowest BCUT2D eigenvalue weighted by atomic mass is 10.0. The number of alkyl halides is 3. The Labute approximate surface area is 136 Å². The molecule has 0 spiro atoms. The molecule has 2 N–H and O–H groups in total. The number of hydrogen-bond acceptors (Lipinski definition) is 4. The monoisotopic (exact) mass is 343 g/mol. The standard InChI is InChI=1S/C15H16F3N3OS/c16-15(17,18)13(11-4-2-1-3-5-11)20-8-12(22)21-14(9-19)6-7-23-10-14/h1-5,13,20H,6-8,10H2,(H,21,22)/t13-,14-/m0/s1. The van der Waals surface area contributed by atoms with Gasteiger partial charge >= 0.3 is 6.18 Å². The Kier molecular flexibility index (Phi) is 5.55. The average Bonchev–Trinajstić information content (AvgIpc) is 2.96. The number of nitriles is 1. The number of thioether (sulfide) groups is 1. The van der Waals surface area contributed by atoms with Crippen molar-refractivity contribution in [1.29, 1.82) is 5.26 Å². The minimum absolute atomic E-state index is 0.0409. The van der Waals surface area contributed by atoms with Gasteiger partial charge in [-0.3, -0.25) is 10.1 Å². The van der Waals surface area contributed by atoms with Crippen molar-refractivity contribution in [2.24, 2.45) is 0 Å². The summed E-state index contributed by atoms with van der Waals surface area (Å²) in [5.41, 5.74) is -0.927. The number of carbonyl (C=O) groups excluding carboxylic acids is 1. The number of benzene rings is 1. The Bertz CT molecular complexity index is 580. The molecule has 8 heteroatoms. The first-order chi connectivity index (χ1) is 10.9. The van der Waals surface area contributed by atoms with Crippen LogP contribution in [-0.4, -0.2) is 35.7 Å². The second-order valence-corrected chi connectivity index (χ2v) is 6.42. The van der Waals surface area contributed by atoms with Crippen LogP contribution in [0.5, 0.6) is 0 Å².